The lowest BCUT2D eigenvalue weighted by molar-refractivity contribution is 0.236. The Labute approximate surface area is 195 Å². The highest BCUT2D eigenvalue weighted by molar-refractivity contribution is 5.84. The molecule has 0 aliphatic carbocycles. The van der Waals surface area contributed by atoms with Crippen molar-refractivity contribution in [3.63, 3.8) is 0 Å². The Bertz CT molecular complexity index is 1280. The summed E-state index contributed by atoms with van der Waals surface area (Å²) in [6, 6.07) is 27.5. The molecule has 1 aromatic heterocycles. The summed E-state index contributed by atoms with van der Waals surface area (Å²) in [6.45, 7) is 8.04. The number of benzene rings is 3. The van der Waals surface area contributed by atoms with E-state index < -0.39 is 0 Å². The first-order chi connectivity index (χ1) is 16.2. The van der Waals surface area contributed by atoms with Gasteiger partial charge in [-0.05, 0) is 73.5 Å². The van der Waals surface area contributed by atoms with Gasteiger partial charge in [0.1, 0.15) is 11.3 Å². The van der Waals surface area contributed by atoms with Crippen molar-refractivity contribution in [1.29, 1.82) is 5.26 Å². The van der Waals surface area contributed by atoms with E-state index in [1.165, 1.54) is 22.3 Å². The van der Waals surface area contributed by atoms with Crippen LogP contribution in [0.3, 0.4) is 0 Å². The molecular weight excluding hydrogens is 406 g/mol. The third-order valence-corrected chi connectivity index (χ3v) is 6.48. The van der Waals surface area contributed by atoms with E-state index in [2.05, 4.69) is 77.4 Å². The Balaban J connectivity index is 1.23. The number of fused-ring (bicyclic) bond motifs is 1. The second-order valence-corrected chi connectivity index (χ2v) is 9.05. The molecule has 4 heteroatoms. The van der Waals surface area contributed by atoms with E-state index in [0.29, 0.717) is 0 Å². The smallest absolute Gasteiger partial charge is 0.134 e. The molecule has 0 bridgehead atoms. The van der Waals surface area contributed by atoms with Crippen LogP contribution in [0.1, 0.15) is 28.9 Å². The van der Waals surface area contributed by atoms with Crippen molar-refractivity contribution < 1.29 is 4.42 Å². The van der Waals surface area contributed by atoms with Crippen LogP contribution < -0.4 is 0 Å². The van der Waals surface area contributed by atoms with Gasteiger partial charge in [-0.15, -0.1) is 0 Å². The van der Waals surface area contributed by atoms with Crippen molar-refractivity contribution in [2.45, 2.75) is 26.4 Å². The first-order valence-electron chi connectivity index (χ1n) is 11.7. The van der Waals surface area contributed by atoms with Crippen molar-refractivity contribution >= 4 is 11.0 Å². The number of nitrogens with zero attached hydrogens (tertiary/aromatic N) is 3. The molecule has 1 aliphatic rings. The maximum atomic E-state index is 9.14. The van der Waals surface area contributed by atoms with Crippen LogP contribution in [-0.4, -0.2) is 36.0 Å². The van der Waals surface area contributed by atoms with E-state index in [1.807, 2.05) is 18.2 Å². The number of hydrogen-bond donors (Lipinski definition) is 0. The molecule has 0 unspecified atom stereocenters. The predicted octanol–water partition coefficient (Wildman–Crippen LogP) is 5.99. The Morgan fingerprint density at radius 1 is 0.818 bits per heavy atom. The van der Waals surface area contributed by atoms with Crippen LogP contribution in [0.2, 0.25) is 0 Å². The molecule has 0 saturated carbocycles. The zero-order chi connectivity index (χ0) is 22.6. The number of nitriles is 1. The first-order valence-corrected chi connectivity index (χ1v) is 11.7. The Morgan fingerprint density at radius 3 is 2.36 bits per heavy atom. The lowest BCUT2D eigenvalue weighted by Gasteiger charge is -2.21. The summed E-state index contributed by atoms with van der Waals surface area (Å²) in [7, 11) is 0. The molecule has 0 amide bonds. The molecule has 0 spiro atoms. The van der Waals surface area contributed by atoms with Crippen molar-refractivity contribution in [1.82, 2.24) is 9.80 Å². The highest BCUT2D eigenvalue weighted by Gasteiger charge is 2.17. The van der Waals surface area contributed by atoms with E-state index in [4.69, 9.17) is 9.68 Å². The molecule has 33 heavy (non-hydrogen) atoms. The zero-order valence-corrected chi connectivity index (χ0v) is 19.1. The summed E-state index contributed by atoms with van der Waals surface area (Å²) in [6.07, 6.45) is 1.13. The average molecular weight is 436 g/mol. The minimum Gasteiger partial charge on any atom is -0.460 e. The van der Waals surface area contributed by atoms with Crippen molar-refractivity contribution in [3.05, 3.63) is 95.2 Å². The van der Waals surface area contributed by atoms with Crippen LogP contribution in [0.15, 0.2) is 77.2 Å². The van der Waals surface area contributed by atoms with Gasteiger partial charge < -0.3 is 4.42 Å². The predicted molar refractivity (Wildman–Crippen MR) is 133 cm³/mol. The summed E-state index contributed by atoms with van der Waals surface area (Å²) < 4.78 is 6.18. The zero-order valence-electron chi connectivity index (χ0n) is 19.1. The Hall–Kier alpha value is -3.39. The van der Waals surface area contributed by atoms with Gasteiger partial charge in [0.05, 0.1) is 18.2 Å². The molecule has 0 atom stereocenters. The fourth-order valence-corrected chi connectivity index (χ4v) is 4.66. The van der Waals surface area contributed by atoms with Gasteiger partial charge in [0.2, 0.25) is 0 Å². The lowest BCUT2D eigenvalue weighted by atomic mass is 10.0. The normalized spacial score (nSPS) is 15.4. The van der Waals surface area contributed by atoms with Crippen LogP contribution in [0.4, 0.5) is 0 Å². The molecule has 166 valence electrons. The standard InChI is InChI=1S/C29H29N3O/c1-22-6-8-25(9-7-22)26-10-11-29-27(17-26)18-28(33-29)21-32-13-3-12-31(14-15-32)20-24-5-2-4-23(16-24)19-30/h2,4-11,16-18H,3,12-15,20-21H2,1H3. The number of furan rings is 1. The quantitative estimate of drug-likeness (QED) is 0.386. The number of hydrogen-bond acceptors (Lipinski definition) is 4. The summed E-state index contributed by atoms with van der Waals surface area (Å²) >= 11 is 0. The minimum absolute atomic E-state index is 0.736. The lowest BCUT2D eigenvalue weighted by Crippen LogP contribution is -2.30. The molecular formula is C29H29N3O. The van der Waals surface area contributed by atoms with E-state index >= 15 is 0 Å². The number of aryl methyl sites for hydroxylation is 1. The average Bonchev–Trinajstić information content (AvgIpc) is 3.11. The first kappa shape index (κ1) is 21.5. The van der Waals surface area contributed by atoms with E-state index in [-0.39, 0.29) is 0 Å². The van der Waals surface area contributed by atoms with Crippen molar-refractivity contribution in [3.8, 4) is 17.2 Å². The molecule has 0 N–H and O–H groups in total. The van der Waals surface area contributed by atoms with Crippen LogP contribution in [0.5, 0.6) is 0 Å². The summed E-state index contributed by atoms with van der Waals surface area (Å²) in [5.74, 6) is 1.03. The second-order valence-electron chi connectivity index (χ2n) is 9.05. The van der Waals surface area contributed by atoms with Gasteiger partial charge in [0, 0.05) is 25.0 Å². The molecule has 1 fully saturated rings. The third-order valence-electron chi connectivity index (χ3n) is 6.48. The van der Waals surface area contributed by atoms with Gasteiger partial charge in [-0.1, -0.05) is 48.0 Å². The van der Waals surface area contributed by atoms with Gasteiger partial charge in [0.25, 0.3) is 0 Å². The Morgan fingerprint density at radius 2 is 1.58 bits per heavy atom. The van der Waals surface area contributed by atoms with Crippen LogP contribution in [0.25, 0.3) is 22.1 Å². The largest absolute Gasteiger partial charge is 0.460 e. The molecule has 3 aromatic carbocycles. The highest BCUT2D eigenvalue weighted by Crippen LogP contribution is 2.27. The maximum Gasteiger partial charge on any atom is 0.134 e. The van der Waals surface area contributed by atoms with E-state index in [1.54, 1.807) is 0 Å². The Kier molecular flexibility index (Phi) is 6.26. The second kappa shape index (κ2) is 9.62. The van der Waals surface area contributed by atoms with Gasteiger partial charge in [0.15, 0.2) is 0 Å². The topological polar surface area (TPSA) is 43.4 Å². The molecule has 0 radical (unpaired) electrons. The minimum atomic E-state index is 0.736. The molecule has 4 nitrogen and oxygen atoms in total. The molecule has 5 rings (SSSR count). The summed E-state index contributed by atoms with van der Waals surface area (Å²) in [5, 5.41) is 10.3. The van der Waals surface area contributed by atoms with Crippen LogP contribution in [0, 0.1) is 18.3 Å². The molecule has 4 aromatic rings. The highest BCUT2D eigenvalue weighted by atomic mass is 16.3. The van der Waals surface area contributed by atoms with Crippen LogP contribution >= 0.6 is 0 Å². The fourth-order valence-electron chi connectivity index (χ4n) is 4.66. The van der Waals surface area contributed by atoms with Crippen LogP contribution in [-0.2, 0) is 13.1 Å². The van der Waals surface area contributed by atoms with Crippen molar-refractivity contribution in [2.24, 2.45) is 0 Å². The van der Waals surface area contributed by atoms with Gasteiger partial charge in [-0.2, -0.15) is 5.26 Å². The van der Waals surface area contributed by atoms with Gasteiger partial charge in [-0.3, -0.25) is 9.80 Å². The molecule has 1 saturated heterocycles. The van der Waals surface area contributed by atoms with Gasteiger partial charge in [-0.25, -0.2) is 0 Å². The van der Waals surface area contributed by atoms with E-state index in [0.717, 1.165) is 68.0 Å². The molecule has 1 aliphatic heterocycles. The monoisotopic (exact) mass is 435 g/mol. The SMILES string of the molecule is Cc1ccc(-c2ccc3oc(CN4CCCN(Cc5cccc(C#N)c5)CC4)cc3c2)cc1. The van der Waals surface area contributed by atoms with Crippen molar-refractivity contribution in [2.75, 3.05) is 26.2 Å². The summed E-state index contributed by atoms with van der Waals surface area (Å²) in [5.41, 5.74) is 6.63. The van der Waals surface area contributed by atoms with Gasteiger partial charge >= 0.3 is 0 Å². The third kappa shape index (κ3) is 5.17. The molecule has 2 heterocycles. The van der Waals surface area contributed by atoms with E-state index in [9.17, 15) is 0 Å². The number of rotatable bonds is 5. The fraction of sp³-hybridized carbons (Fsp3) is 0.276. The summed E-state index contributed by atoms with van der Waals surface area (Å²) in [4.78, 5) is 4.98. The maximum absolute atomic E-state index is 9.14.